The zero-order valence-electron chi connectivity index (χ0n) is 5.99. The first kappa shape index (κ1) is 8.60. The van der Waals surface area contributed by atoms with Crippen LogP contribution in [0.3, 0.4) is 0 Å². The lowest BCUT2D eigenvalue weighted by molar-refractivity contribution is 0.00617. The van der Waals surface area contributed by atoms with Crippen LogP contribution in [-0.4, -0.2) is 5.92 Å². The van der Waals surface area contributed by atoms with Gasteiger partial charge in [0.2, 0.25) is 0 Å². The quantitative estimate of drug-likeness (QED) is 0.509. The SMILES string of the molecule is C/C=C/C(F)(F)C(C)C. The van der Waals surface area contributed by atoms with Gasteiger partial charge in [-0.25, -0.2) is 8.78 Å². The maximum absolute atomic E-state index is 12.5. The zero-order valence-corrected chi connectivity index (χ0v) is 5.99. The van der Waals surface area contributed by atoms with E-state index in [0.717, 1.165) is 6.08 Å². The van der Waals surface area contributed by atoms with Crippen molar-refractivity contribution in [1.29, 1.82) is 0 Å². The average molecular weight is 134 g/mol. The Hall–Kier alpha value is -0.400. The molecular weight excluding hydrogens is 122 g/mol. The van der Waals surface area contributed by atoms with Crippen molar-refractivity contribution in [2.24, 2.45) is 5.92 Å². The van der Waals surface area contributed by atoms with Crippen molar-refractivity contribution < 1.29 is 8.78 Å². The summed E-state index contributed by atoms with van der Waals surface area (Å²) in [5.74, 6) is -3.23. The van der Waals surface area contributed by atoms with Gasteiger partial charge >= 0.3 is 0 Å². The van der Waals surface area contributed by atoms with Gasteiger partial charge < -0.3 is 0 Å². The second kappa shape index (κ2) is 2.95. The molecule has 0 aliphatic rings. The van der Waals surface area contributed by atoms with Crippen LogP contribution in [0.1, 0.15) is 20.8 Å². The first-order chi connectivity index (χ1) is 4.00. The fourth-order valence-corrected chi connectivity index (χ4v) is 0.415. The standard InChI is InChI=1S/C7H12F2/c1-4-5-7(8,9)6(2)3/h4-6H,1-3H3/b5-4+. The van der Waals surface area contributed by atoms with Crippen molar-refractivity contribution in [3.05, 3.63) is 12.2 Å². The van der Waals surface area contributed by atoms with E-state index in [2.05, 4.69) is 0 Å². The third kappa shape index (κ3) is 2.59. The van der Waals surface area contributed by atoms with E-state index in [1.54, 1.807) is 6.92 Å². The van der Waals surface area contributed by atoms with E-state index in [0.29, 0.717) is 0 Å². The van der Waals surface area contributed by atoms with Gasteiger partial charge in [0, 0.05) is 5.92 Å². The van der Waals surface area contributed by atoms with Gasteiger partial charge in [0.1, 0.15) is 0 Å². The highest BCUT2D eigenvalue weighted by atomic mass is 19.3. The van der Waals surface area contributed by atoms with Gasteiger partial charge in [-0.15, -0.1) is 0 Å². The number of halogens is 2. The average Bonchev–Trinajstić information content (AvgIpc) is 1.65. The van der Waals surface area contributed by atoms with Gasteiger partial charge in [0.05, 0.1) is 0 Å². The Labute approximate surface area is 54.6 Å². The lowest BCUT2D eigenvalue weighted by Crippen LogP contribution is -2.19. The lowest BCUT2D eigenvalue weighted by Gasteiger charge is -2.14. The number of allylic oxidation sites excluding steroid dienone is 2. The van der Waals surface area contributed by atoms with E-state index in [1.807, 2.05) is 0 Å². The molecule has 2 heteroatoms. The van der Waals surface area contributed by atoms with Crippen LogP contribution in [0.4, 0.5) is 8.78 Å². The Kier molecular flexibility index (Phi) is 2.82. The van der Waals surface area contributed by atoms with Gasteiger partial charge in [0.25, 0.3) is 5.92 Å². The summed E-state index contributed by atoms with van der Waals surface area (Å²) in [5, 5.41) is 0. The minimum absolute atomic E-state index is 0.603. The van der Waals surface area contributed by atoms with E-state index in [1.165, 1.54) is 19.9 Å². The molecule has 0 aromatic heterocycles. The Morgan fingerprint density at radius 2 is 1.78 bits per heavy atom. The summed E-state index contributed by atoms with van der Waals surface area (Å²) in [6.45, 7) is 4.59. The van der Waals surface area contributed by atoms with Crippen molar-refractivity contribution in [3.8, 4) is 0 Å². The minimum Gasteiger partial charge on any atom is -0.202 e. The number of alkyl halides is 2. The molecule has 0 unspecified atom stereocenters. The highest BCUT2D eigenvalue weighted by molar-refractivity contribution is 4.94. The number of hydrogen-bond acceptors (Lipinski definition) is 0. The molecule has 0 amide bonds. The molecule has 9 heavy (non-hydrogen) atoms. The molecule has 0 bridgehead atoms. The van der Waals surface area contributed by atoms with Crippen LogP contribution in [-0.2, 0) is 0 Å². The molecule has 0 atom stereocenters. The molecular formula is C7H12F2. The topological polar surface area (TPSA) is 0 Å². The van der Waals surface area contributed by atoms with E-state index in [-0.39, 0.29) is 0 Å². The number of rotatable bonds is 2. The van der Waals surface area contributed by atoms with Crippen molar-refractivity contribution in [2.45, 2.75) is 26.7 Å². The summed E-state index contributed by atoms with van der Waals surface area (Å²) in [6, 6.07) is 0. The molecule has 0 N–H and O–H groups in total. The molecule has 54 valence electrons. The van der Waals surface area contributed by atoms with E-state index >= 15 is 0 Å². The third-order valence-corrected chi connectivity index (χ3v) is 1.16. The maximum Gasteiger partial charge on any atom is 0.268 e. The summed E-state index contributed by atoms with van der Waals surface area (Å²) in [4.78, 5) is 0. The zero-order chi connectivity index (χ0) is 7.49. The van der Waals surface area contributed by atoms with Gasteiger partial charge in [-0.2, -0.15) is 0 Å². The fourth-order valence-electron chi connectivity index (χ4n) is 0.415. The second-order valence-electron chi connectivity index (χ2n) is 2.33. The molecule has 0 heterocycles. The first-order valence-electron chi connectivity index (χ1n) is 3.02. The second-order valence-corrected chi connectivity index (χ2v) is 2.33. The minimum atomic E-state index is -2.63. The Balaban J connectivity index is 4.01. The molecule has 0 nitrogen and oxygen atoms in total. The predicted octanol–water partition coefficient (Wildman–Crippen LogP) is 2.85. The van der Waals surface area contributed by atoms with Gasteiger partial charge in [-0.3, -0.25) is 0 Å². The Morgan fingerprint density at radius 3 is 1.89 bits per heavy atom. The van der Waals surface area contributed by atoms with Crippen LogP contribution < -0.4 is 0 Å². The molecule has 0 aromatic carbocycles. The molecule has 0 saturated heterocycles. The fraction of sp³-hybridized carbons (Fsp3) is 0.714. The van der Waals surface area contributed by atoms with Crippen LogP contribution in [0.2, 0.25) is 0 Å². The molecule has 0 aromatic rings. The summed E-state index contributed by atoms with van der Waals surface area (Å²) in [6.07, 6.45) is 2.30. The maximum atomic E-state index is 12.5. The smallest absolute Gasteiger partial charge is 0.202 e. The van der Waals surface area contributed by atoms with Crippen LogP contribution in [0.5, 0.6) is 0 Å². The third-order valence-electron chi connectivity index (χ3n) is 1.16. The van der Waals surface area contributed by atoms with Crippen molar-refractivity contribution in [2.75, 3.05) is 0 Å². The highest BCUT2D eigenvalue weighted by Gasteiger charge is 2.28. The van der Waals surface area contributed by atoms with Gasteiger partial charge in [-0.1, -0.05) is 19.9 Å². The highest BCUT2D eigenvalue weighted by Crippen LogP contribution is 2.24. The van der Waals surface area contributed by atoms with Crippen molar-refractivity contribution in [3.63, 3.8) is 0 Å². The van der Waals surface area contributed by atoms with Crippen LogP contribution in [0, 0.1) is 5.92 Å². The summed E-state index contributed by atoms with van der Waals surface area (Å²) in [7, 11) is 0. The summed E-state index contributed by atoms with van der Waals surface area (Å²) >= 11 is 0. The first-order valence-corrected chi connectivity index (χ1v) is 3.02. The van der Waals surface area contributed by atoms with E-state index in [4.69, 9.17) is 0 Å². The van der Waals surface area contributed by atoms with Crippen LogP contribution >= 0.6 is 0 Å². The largest absolute Gasteiger partial charge is 0.268 e. The molecule has 0 aliphatic carbocycles. The summed E-state index contributed by atoms with van der Waals surface area (Å²) in [5.41, 5.74) is 0. The normalized spacial score (nSPS) is 13.6. The van der Waals surface area contributed by atoms with Crippen molar-refractivity contribution >= 4 is 0 Å². The Bertz CT molecular complexity index is 103. The molecule has 0 saturated carbocycles. The van der Waals surface area contributed by atoms with Crippen LogP contribution in [0.15, 0.2) is 12.2 Å². The molecule has 0 aliphatic heterocycles. The van der Waals surface area contributed by atoms with Gasteiger partial charge in [0.15, 0.2) is 0 Å². The molecule has 0 radical (unpaired) electrons. The monoisotopic (exact) mass is 134 g/mol. The van der Waals surface area contributed by atoms with E-state index in [9.17, 15) is 8.78 Å². The van der Waals surface area contributed by atoms with Gasteiger partial charge in [-0.05, 0) is 13.0 Å². The van der Waals surface area contributed by atoms with E-state index < -0.39 is 11.8 Å². The summed E-state index contributed by atoms with van der Waals surface area (Å²) < 4.78 is 24.9. The molecule has 0 rings (SSSR count). The molecule has 0 spiro atoms. The lowest BCUT2D eigenvalue weighted by atomic mass is 10.1. The van der Waals surface area contributed by atoms with Crippen molar-refractivity contribution in [1.82, 2.24) is 0 Å². The molecule has 0 fully saturated rings. The van der Waals surface area contributed by atoms with Crippen LogP contribution in [0.25, 0.3) is 0 Å². The number of hydrogen-bond donors (Lipinski definition) is 0. The predicted molar refractivity (Wildman–Crippen MR) is 34.6 cm³/mol. The Morgan fingerprint density at radius 1 is 1.33 bits per heavy atom.